The third-order valence-corrected chi connectivity index (χ3v) is 5.58. The maximum atomic E-state index is 12.8. The van der Waals surface area contributed by atoms with Crippen LogP contribution in [0.3, 0.4) is 0 Å². The average molecular weight is 376 g/mol. The minimum Gasteiger partial charge on any atom is -0.493 e. The molecule has 0 aliphatic carbocycles. The zero-order valence-electron chi connectivity index (χ0n) is 16.5. The molecule has 0 radical (unpaired) electrons. The molecule has 2 aliphatic rings. The molecule has 0 N–H and O–H groups in total. The van der Waals surface area contributed by atoms with E-state index >= 15 is 0 Å². The van der Waals surface area contributed by atoms with Crippen molar-refractivity contribution in [2.75, 3.05) is 40.4 Å². The number of amides is 2. The van der Waals surface area contributed by atoms with Gasteiger partial charge < -0.3 is 24.0 Å². The van der Waals surface area contributed by atoms with E-state index in [4.69, 9.17) is 14.2 Å². The highest BCUT2D eigenvalue weighted by molar-refractivity contribution is 6.01. The van der Waals surface area contributed by atoms with E-state index in [0.29, 0.717) is 68.3 Å². The van der Waals surface area contributed by atoms with Gasteiger partial charge in [-0.1, -0.05) is 0 Å². The number of benzene rings is 1. The van der Waals surface area contributed by atoms with Crippen molar-refractivity contribution in [1.82, 2.24) is 9.80 Å². The van der Waals surface area contributed by atoms with E-state index in [1.54, 1.807) is 26.4 Å². The van der Waals surface area contributed by atoms with Gasteiger partial charge in [0.1, 0.15) is 5.60 Å². The number of piperidine rings is 1. The highest BCUT2D eigenvalue weighted by Gasteiger charge is 2.45. The van der Waals surface area contributed by atoms with Crippen molar-refractivity contribution in [1.29, 1.82) is 0 Å². The summed E-state index contributed by atoms with van der Waals surface area (Å²) in [7, 11) is 3.10. The van der Waals surface area contributed by atoms with Gasteiger partial charge in [-0.15, -0.1) is 0 Å². The molecule has 2 amide bonds. The number of Topliss-reactive ketones (excluding diaryl/α,β-unsaturated/α-hetero) is 1. The van der Waals surface area contributed by atoms with Crippen molar-refractivity contribution in [2.45, 2.75) is 38.7 Å². The van der Waals surface area contributed by atoms with Crippen molar-refractivity contribution < 1.29 is 23.8 Å². The Kier molecular flexibility index (Phi) is 5.48. The lowest BCUT2D eigenvalue weighted by Crippen LogP contribution is -2.54. The maximum absolute atomic E-state index is 12.8. The standard InChI is InChI=1S/C20H28N2O5/c1-5-21(6-2)19(24)22-11-9-20(10-12-22)13-15(23)14-7-8-16(25-3)18(26-4)17(14)27-20/h7-8H,5-6,9-13H2,1-4H3. The Balaban J connectivity index is 1.81. The molecule has 3 rings (SSSR count). The van der Waals surface area contributed by atoms with Crippen LogP contribution in [-0.2, 0) is 0 Å². The number of fused-ring (bicyclic) bond motifs is 1. The van der Waals surface area contributed by atoms with E-state index in [2.05, 4.69) is 0 Å². The van der Waals surface area contributed by atoms with Crippen LogP contribution in [0.15, 0.2) is 12.1 Å². The number of ketones is 1. The normalized spacial score (nSPS) is 17.9. The molecule has 1 saturated heterocycles. The Labute approximate surface area is 160 Å². The average Bonchev–Trinajstić information content (AvgIpc) is 2.68. The molecule has 1 aromatic carbocycles. The summed E-state index contributed by atoms with van der Waals surface area (Å²) in [5.74, 6) is 1.48. The molecule has 0 bridgehead atoms. The Bertz CT molecular complexity index is 721. The minimum atomic E-state index is -0.593. The number of likely N-dealkylation sites (tertiary alicyclic amines) is 1. The quantitative estimate of drug-likeness (QED) is 0.808. The van der Waals surface area contributed by atoms with Gasteiger partial charge in [0.25, 0.3) is 0 Å². The molecule has 1 spiro atoms. The molecule has 27 heavy (non-hydrogen) atoms. The maximum Gasteiger partial charge on any atom is 0.319 e. The number of carbonyl (C=O) groups excluding carboxylic acids is 2. The third kappa shape index (κ3) is 3.42. The fourth-order valence-corrected chi connectivity index (χ4v) is 3.94. The van der Waals surface area contributed by atoms with E-state index in [1.165, 1.54) is 0 Å². The van der Waals surface area contributed by atoms with Crippen LogP contribution in [-0.4, -0.2) is 67.6 Å². The van der Waals surface area contributed by atoms with Crippen LogP contribution in [0.1, 0.15) is 43.5 Å². The van der Waals surface area contributed by atoms with Gasteiger partial charge in [0, 0.05) is 39.0 Å². The fraction of sp³-hybridized carbons (Fsp3) is 0.600. The van der Waals surface area contributed by atoms with Crippen molar-refractivity contribution in [2.24, 2.45) is 0 Å². The van der Waals surface area contributed by atoms with E-state index in [0.717, 1.165) is 0 Å². The first kappa shape index (κ1) is 19.3. The number of rotatable bonds is 4. The van der Waals surface area contributed by atoms with Gasteiger partial charge in [-0.25, -0.2) is 4.79 Å². The van der Waals surface area contributed by atoms with Crippen LogP contribution >= 0.6 is 0 Å². The van der Waals surface area contributed by atoms with E-state index < -0.39 is 5.60 Å². The molecule has 148 valence electrons. The lowest BCUT2D eigenvalue weighted by Gasteiger charge is -2.44. The number of methoxy groups -OCH3 is 2. The molecule has 2 aliphatic heterocycles. The van der Waals surface area contributed by atoms with Crippen molar-refractivity contribution in [3.63, 3.8) is 0 Å². The molecule has 1 aromatic rings. The number of urea groups is 1. The monoisotopic (exact) mass is 376 g/mol. The molecular weight excluding hydrogens is 348 g/mol. The molecule has 0 aromatic heterocycles. The summed E-state index contributed by atoms with van der Waals surface area (Å²) >= 11 is 0. The molecular formula is C20H28N2O5. The predicted molar refractivity (Wildman–Crippen MR) is 101 cm³/mol. The smallest absolute Gasteiger partial charge is 0.319 e. The highest BCUT2D eigenvalue weighted by atomic mass is 16.5. The van der Waals surface area contributed by atoms with Crippen LogP contribution in [0.5, 0.6) is 17.2 Å². The summed E-state index contributed by atoms with van der Waals surface area (Å²) < 4.78 is 17.2. The Hall–Kier alpha value is -2.44. The van der Waals surface area contributed by atoms with Crippen LogP contribution in [0.25, 0.3) is 0 Å². The number of ether oxygens (including phenoxy) is 3. The Morgan fingerprint density at radius 2 is 1.85 bits per heavy atom. The lowest BCUT2D eigenvalue weighted by atomic mass is 9.82. The summed E-state index contributed by atoms with van der Waals surface area (Å²) in [6, 6.07) is 3.50. The van der Waals surface area contributed by atoms with Crippen LogP contribution in [0, 0.1) is 0 Å². The minimum absolute atomic E-state index is 0.0423. The second-order valence-corrected chi connectivity index (χ2v) is 7.00. The van der Waals surface area contributed by atoms with Crippen LogP contribution in [0.4, 0.5) is 4.79 Å². The number of nitrogens with zero attached hydrogens (tertiary/aromatic N) is 2. The molecule has 7 heteroatoms. The van der Waals surface area contributed by atoms with Crippen LogP contribution in [0.2, 0.25) is 0 Å². The number of carbonyl (C=O) groups is 2. The number of hydrogen-bond donors (Lipinski definition) is 0. The molecule has 0 unspecified atom stereocenters. The van der Waals surface area contributed by atoms with Crippen molar-refractivity contribution in [3.05, 3.63) is 17.7 Å². The van der Waals surface area contributed by atoms with Crippen molar-refractivity contribution in [3.8, 4) is 17.2 Å². The summed E-state index contributed by atoms with van der Waals surface area (Å²) in [5.41, 5.74) is -0.0658. The summed E-state index contributed by atoms with van der Waals surface area (Å²) in [4.78, 5) is 29.0. The third-order valence-electron chi connectivity index (χ3n) is 5.58. The molecule has 1 fully saturated rings. The zero-order valence-corrected chi connectivity index (χ0v) is 16.5. The van der Waals surface area contributed by atoms with Gasteiger partial charge >= 0.3 is 6.03 Å². The van der Waals surface area contributed by atoms with E-state index in [-0.39, 0.29) is 11.8 Å². The topological polar surface area (TPSA) is 68.3 Å². The van der Waals surface area contributed by atoms with Gasteiger partial charge in [0.15, 0.2) is 17.3 Å². The first-order valence-corrected chi connectivity index (χ1v) is 9.49. The lowest BCUT2D eigenvalue weighted by molar-refractivity contribution is -0.00540. The van der Waals surface area contributed by atoms with E-state index in [9.17, 15) is 9.59 Å². The molecule has 0 atom stereocenters. The number of hydrogen-bond acceptors (Lipinski definition) is 5. The first-order valence-electron chi connectivity index (χ1n) is 9.49. The van der Waals surface area contributed by atoms with Gasteiger partial charge in [0.2, 0.25) is 5.75 Å². The van der Waals surface area contributed by atoms with Gasteiger partial charge in [0.05, 0.1) is 26.2 Å². The highest BCUT2D eigenvalue weighted by Crippen LogP contribution is 2.47. The molecule has 0 saturated carbocycles. The second kappa shape index (κ2) is 7.66. The summed E-state index contributed by atoms with van der Waals surface area (Å²) in [5, 5.41) is 0. The van der Waals surface area contributed by atoms with Gasteiger partial charge in [-0.05, 0) is 26.0 Å². The van der Waals surface area contributed by atoms with Gasteiger partial charge in [-0.3, -0.25) is 4.79 Å². The first-order chi connectivity index (χ1) is 13.0. The zero-order chi connectivity index (χ0) is 19.6. The summed E-state index contributed by atoms with van der Waals surface area (Å²) in [6.45, 7) is 6.49. The van der Waals surface area contributed by atoms with Crippen LogP contribution < -0.4 is 14.2 Å². The largest absolute Gasteiger partial charge is 0.493 e. The molecule has 2 heterocycles. The van der Waals surface area contributed by atoms with E-state index in [1.807, 2.05) is 23.6 Å². The second-order valence-electron chi connectivity index (χ2n) is 7.00. The summed E-state index contributed by atoms with van der Waals surface area (Å²) in [6.07, 6.45) is 1.56. The molecule has 7 nitrogen and oxygen atoms in total. The van der Waals surface area contributed by atoms with Crippen molar-refractivity contribution >= 4 is 11.8 Å². The SMILES string of the molecule is CCN(CC)C(=O)N1CCC2(CC1)CC(=O)c1ccc(OC)c(OC)c1O2. The predicted octanol–water partition coefficient (Wildman–Crippen LogP) is 2.97. The Morgan fingerprint density at radius 1 is 1.19 bits per heavy atom. The fourth-order valence-electron chi connectivity index (χ4n) is 3.94. The Morgan fingerprint density at radius 3 is 2.41 bits per heavy atom. The van der Waals surface area contributed by atoms with Gasteiger partial charge in [-0.2, -0.15) is 0 Å².